The monoisotopic (exact) mass is 397 g/mol. The molecule has 0 fully saturated rings. The number of para-hydroxylation sites is 2. The first-order valence-corrected chi connectivity index (χ1v) is 8.86. The van der Waals surface area contributed by atoms with Crippen molar-refractivity contribution in [1.82, 2.24) is 10.9 Å². The molecule has 0 unspecified atom stereocenters. The van der Waals surface area contributed by atoms with E-state index in [1.807, 2.05) is 0 Å². The first kappa shape index (κ1) is 19.9. The van der Waals surface area contributed by atoms with Crippen molar-refractivity contribution in [2.24, 2.45) is 0 Å². The quantitative estimate of drug-likeness (QED) is 0.551. The zero-order valence-electron chi connectivity index (χ0n) is 15.4. The molecular weight excluding hydrogens is 378 g/mol. The summed E-state index contributed by atoms with van der Waals surface area (Å²) in [6.45, 7) is -0.554. The predicted octanol–water partition coefficient (Wildman–Crippen LogP) is 0.806. The average Bonchev–Trinajstić information content (AvgIpc) is 2.76. The van der Waals surface area contributed by atoms with Crippen molar-refractivity contribution >= 4 is 29.4 Å². The second-order valence-electron chi connectivity index (χ2n) is 6.08. The minimum absolute atomic E-state index is 0.0935. The van der Waals surface area contributed by atoms with Gasteiger partial charge in [-0.3, -0.25) is 30.0 Å². The standard InChI is InChI=1S/C20H19N3O6/c24-17(21-22-20(27)14-6-2-1-3-7-14)12-29-19(26)10-11-23-15-8-4-5-9-16(15)28-13-18(23)25/h1-9H,10-13H2,(H,21,24)(H,22,27). The predicted molar refractivity (Wildman–Crippen MR) is 102 cm³/mol. The Morgan fingerprint density at radius 3 is 2.52 bits per heavy atom. The number of fused-ring (bicyclic) bond motifs is 1. The van der Waals surface area contributed by atoms with E-state index in [0.717, 1.165) is 0 Å². The molecule has 2 aromatic carbocycles. The molecule has 0 aliphatic carbocycles. The van der Waals surface area contributed by atoms with Crippen LogP contribution in [-0.4, -0.2) is 43.4 Å². The molecule has 1 heterocycles. The Labute approximate surface area is 166 Å². The minimum Gasteiger partial charge on any atom is -0.482 e. The normalized spacial score (nSPS) is 12.4. The molecule has 9 nitrogen and oxygen atoms in total. The molecule has 2 aromatic rings. The highest BCUT2D eigenvalue weighted by molar-refractivity contribution is 5.98. The van der Waals surface area contributed by atoms with Crippen LogP contribution in [0.4, 0.5) is 5.69 Å². The molecule has 0 spiro atoms. The van der Waals surface area contributed by atoms with Crippen molar-refractivity contribution in [1.29, 1.82) is 0 Å². The first-order chi connectivity index (χ1) is 14.0. The molecule has 0 saturated heterocycles. The summed E-state index contributed by atoms with van der Waals surface area (Å²) in [4.78, 5) is 48.9. The van der Waals surface area contributed by atoms with Gasteiger partial charge in [-0.1, -0.05) is 30.3 Å². The lowest BCUT2D eigenvalue weighted by Gasteiger charge is -2.28. The van der Waals surface area contributed by atoms with Crippen molar-refractivity contribution in [2.45, 2.75) is 6.42 Å². The molecule has 150 valence electrons. The van der Waals surface area contributed by atoms with Crippen molar-refractivity contribution in [2.75, 3.05) is 24.7 Å². The Balaban J connectivity index is 1.40. The van der Waals surface area contributed by atoms with Gasteiger partial charge in [-0.25, -0.2) is 0 Å². The number of nitrogens with one attached hydrogen (secondary N) is 2. The van der Waals surface area contributed by atoms with E-state index in [2.05, 4.69) is 10.9 Å². The fraction of sp³-hybridized carbons (Fsp3) is 0.200. The van der Waals surface area contributed by atoms with Crippen LogP contribution < -0.4 is 20.5 Å². The van der Waals surface area contributed by atoms with Crippen LogP contribution in [0, 0.1) is 0 Å². The topological polar surface area (TPSA) is 114 Å². The van der Waals surface area contributed by atoms with Crippen LogP contribution in [0.15, 0.2) is 54.6 Å². The summed E-state index contributed by atoms with van der Waals surface area (Å²) in [5.74, 6) is -1.52. The molecule has 2 N–H and O–H groups in total. The SMILES string of the molecule is O=C(COC(=O)CCN1C(=O)COc2ccccc21)NNC(=O)c1ccccc1. The molecule has 9 heteroatoms. The number of rotatable bonds is 6. The van der Waals surface area contributed by atoms with Crippen molar-refractivity contribution in [3.63, 3.8) is 0 Å². The second-order valence-corrected chi connectivity index (χ2v) is 6.08. The maximum atomic E-state index is 12.0. The van der Waals surface area contributed by atoms with Gasteiger partial charge in [-0.2, -0.15) is 0 Å². The van der Waals surface area contributed by atoms with Crippen molar-refractivity contribution < 1.29 is 28.7 Å². The second kappa shape index (κ2) is 9.36. The van der Waals surface area contributed by atoms with Gasteiger partial charge in [0.15, 0.2) is 13.2 Å². The van der Waals surface area contributed by atoms with E-state index in [0.29, 0.717) is 17.0 Å². The fourth-order valence-corrected chi connectivity index (χ4v) is 2.64. The zero-order valence-corrected chi connectivity index (χ0v) is 15.4. The van der Waals surface area contributed by atoms with Crippen LogP contribution in [0.1, 0.15) is 16.8 Å². The Morgan fingerprint density at radius 2 is 1.72 bits per heavy atom. The average molecular weight is 397 g/mol. The number of carbonyl (C=O) groups is 4. The highest BCUT2D eigenvalue weighted by Gasteiger charge is 2.25. The lowest BCUT2D eigenvalue weighted by molar-refractivity contribution is -0.148. The van der Waals surface area contributed by atoms with Crippen molar-refractivity contribution in [3.05, 3.63) is 60.2 Å². The molecular formula is C20H19N3O6. The van der Waals surface area contributed by atoms with E-state index >= 15 is 0 Å². The highest BCUT2D eigenvalue weighted by atomic mass is 16.5. The molecule has 1 aliphatic heterocycles. The number of amides is 3. The van der Waals surface area contributed by atoms with Gasteiger partial charge in [0, 0.05) is 12.1 Å². The number of esters is 1. The van der Waals surface area contributed by atoms with Crippen LogP contribution in [-0.2, 0) is 19.1 Å². The molecule has 0 radical (unpaired) electrons. The molecule has 0 atom stereocenters. The van der Waals surface area contributed by atoms with E-state index in [4.69, 9.17) is 9.47 Å². The van der Waals surface area contributed by atoms with Crippen LogP contribution >= 0.6 is 0 Å². The summed E-state index contributed by atoms with van der Waals surface area (Å²) in [7, 11) is 0. The Kier molecular flexibility index (Phi) is 6.41. The summed E-state index contributed by atoms with van der Waals surface area (Å²) < 4.78 is 10.2. The van der Waals surface area contributed by atoms with Crippen LogP contribution in [0.2, 0.25) is 0 Å². The van der Waals surface area contributed by atoms with Crippen LogP contribution in [0.5, 0.6) is 5.75 Å². The Hall–Kier alpha value is -3.88. The third-order valence-electron chi connectivity index (χ3n) is 4.06. The number of anilines is 1. The number of benzene rings is 2. The van der Waals surface area contributed by atoms with Gasteiger partial charge >= 0.3 is 5.97 Å². The maximum absolute atomic E-state index is 12.0. The molecule has 0 bridgehead atoms. The van der Waals surface area contributed by atoms with E-state index in [1.54, 1.807) is 54.6 Å². The van der Waals surface area contributed by atoms with Gasteiger partial charge in [-0.15, -0.1) is 0 Å². The molecule has 3 amide bonds. The van der Waals surface area contributed by atoms with E-state index < -0.39 is 24.4 Å². The largest absolute Gasteiger partial charge is 0.482 e. The lowest BCUT2D eigenvalue weighted by atomic mass is 10.2. The molecule has 29 heavy (non-hydrogen) atoms. The zero-order chi connectivity index (χ0) is 20.6. The van der Waals surface area contributed by atoms with Gasteiger partial charge in [0.2, 0.25) is 0 Å². The van der Waals surface area contributed by atoms with Gasteiger partial charge < -0.3 is 14.4 Å². The summed E-state index contributed by atoms with van der Waals surface area (Å²) in [5.41, 5.74) is 5.35. The van der Waals surface area contributed by atoms with Crippen LogP contribution in [0.3, 0.4) is 0 Å². The van der Waals surface area contributed by atoms with Crippen LogP contribution in [0.25, 0.3) is 0 Å². The van der Waals surface area contributed by atoms with E-state index in [-0.39, 0.29) is 25.5 Å². The number of hydrogen-bond acceptors (Lipinski definition) is 6. The molecule has 1 aliphatic rings. The minimum atomic E-state index is -0.685. The molecule has 0 aromatic heterocycles. The van der Waals surface area contributed by atoms with Gasteiger partial charge in [0.05, 0.1) is 12.1 Å². The summed E-state index contributed by atoms with van der Waals surface area (Å²) in [6, 6.07) is 15.3. The maximum Gasteiger partial charge on any atom is 0.308 e. The summed E-state index contributed by atoms with van der Waals surface area (Å²) >= 11 is 0. The van der Waals surface area contributed by atoms with Gasteiger partial charge in [0.25, 0.3) is 17.7 Å². The Morgan fingerprint density at radius 1 is 1.00 bits per heavy atom. The molecule has 0 saturated carbocycles. The summed E-state index contributed by atoms with van der Waals surface area (Å²) in [5, 5.41) is 0. The molecule has 3 rings (SSSR count). The van der Waals surface area contributed by atoms with E-state index in [1.165, 1.54) is 4.90 Å². The van der Waals surface area contributed by atoms with Gasteiger partial charge in [-0.05, 0) is 24.3 Å². The smallest absolute Gasteiger partial charge is 0.308 e. The number of hydrogen-bond donors (Lipinski definition) is 2. The lowest BCUT2D eigenvalue weighted by Crippen LogP contribution is -2.43. The number of ether oxygens (including phenoxy) is 2. The van der Waals surface area contributed by atoms with Gasteiger partial charge in [0.1, 0.15) is 5.75 Å². The third-order valence-corrected chi connectivity index (χ3v) is 4.06. The number of nitrogens with zero attached hydrogens (tertiary/aromatic N) is 1. The Bertz CT molecular complexity index is 915. The van der Waals surface area contributed by atoms with E-state index in [9.17, 15) is 19.2 Å². The first-order valence-electron chi connectivity index (χ1n) is 8.86. The summed E-state index contributed by atoms with van der Waals surface area (Å²) in [6.07, 6.45) is -0.0935. The van der Waals surface area contributed by atoms with Crippen molar-refractivity contribution in [3.8, 4) is 5.75 Å². The number of hydrazine groups is 1. The fourth-order valence-electron chi connectivity index (χ4n) is 2.64. The highest BCUT2D eigenvalue weighted by Crippen LogP contribution is 2.31. The number of carbonyl (C=O) groups excluding carboxylic acids is 4. The third kappa shape index (κ3) is 5.32.